The van der Waals surface area contributed by atoms with Crippen LogP contribution in [0.25, 0.3) is 0 Å². The van der Waals surface area contributed by atoms with E-state index in [2.05, 4.69) is 10.2 Å². The Morgan fingerprint density at radius 2 is 1.71 bits per heavy atom. The van der Waals surface area contributed by atoms with Crippen molar-refractivity contribution in [2.45, 2.75) is 18.9 Å². The third kappa shape index (κ3) is 5.04. The van der Waals surface area contributed by atoms with Gasteiger partial charge in [-0.2, -0.15) is 0 Å². The van der Waals surface area contributed by atoms with Crippen molar-refractivity contribution in [1.29, 1.82) is 0 Å². The lowest BCUT2D eigenvalue weighted by Crippen LogP contribution is -2.47. The van der Waals surface area contributed by atoms with Crippen molar-refractivity contribution in [2.75, 3.05) is 39.4 Å². The third-order valence-electron chi connectivity index (χ3n) is 4.70. The molecule has 6 nitrogen and oxygen atoms in total. The number of halogens is 2. The summed E-state index contributed by atoms with van der Waals surface area (Å²) >= 11 is 0. The minimum Gasteiger partial charge on any atom is -0.381 e. The lowest BCUT2D eigenvalue weighted by molar-refractivity contribution is -0.384. The average molecular weight is 378 g/mol. The second kappa shape index (κ2) is 10.2. The van der Waals surface area contributed by atoms with E-state index in [4.69, 9.17) is 4.74 Å². The monoisotopic (exact) mass is 377 g/mol. The van der Waals surface area contributed by atoms with Crippen LogP contribution in [0.4, 0.5) is 5.69 Å². The molecule has 136 valence electrons. The Hall–Kier alpha value is -0.920. The van der Waals surface area contributed by atoms with Gasteiger partial charge in [-0.3, -0.25) is 15.0 Å². The van der Waals surface area contributed by atoms with Crippen LogP contribution >= 0.6 is 24.8 Å². The molecule has 3 rings (SSSR count). The minimum atomic E-state index is -0.335. The Morgan fingerprint density at radius 1 is 1.12 bits per heavy atom. The molecule has 8 heteroatoms. The van der Waals surface area contributed by atoms with E-state index in [1.54, 1.807) is 12.1 Å². The Bertz CT molecular complexity index is 486. The summed E-state index contributed by atoms with van der Waals surface area (Å²) in [6.45, 7) is 5.71. The fourth-order valence-electron chi connectivity index (χ4n) is 3.57. The van der Waals surface area contributed by atoms with Crippen LogP contribution in [0.5, 0.6) is 0 Å². The molecule has 2 saturated heterocycles. The maximum atomic E-state index is 10.9. The van der Waals surface area contributed by atoms with Crippen LogP contribution < -0.4 is 5.32 Å². The average Bonchev–Trinajstić information content (AvgIpc) is 2.57. The van der Waals surface area contributed by atoms with Crippen molar-refractivity contribution in [3.8, 4) is 0 Å². The van der Waals surface area contributed by atoms with Crippen molar-refractivity contribution in [2.24, 2.45) is 5.92 Å². The summed E-state index contributed by atoms with van der Waals surface area (Å²) in [6, 6.07) is 7.46. The van der Waals surface area contributed by atoms with Crippen molar-refractivity contribution in [1.82, 2.24) is 10.2 Å². The largest absolute Gasteiger partial charge is 0.381 e. The summed E-state index contributed by atoms with van der Waals surface area (Å²) in [5, 5.41) is 14.2. The Balaban J connectivity index is 0.00000144. The summed E-state index contributed by atoms with van der Waals surface area (Å²) in [5.41, 5.74) is 1.36. The number of nitrogens with one attached hydrogen (secondary N) is 1. The Kier molecular flexibility index (Phi) is 8.94. The fourth-order valence-corrected chi connectivity index (χ4v) is 3.57. The lowest BCUT2D eigenvalue weighted by Gasteiger charge is -2.41. The van der Waals surface area contributed by atoms with Gasteiger partial charge in [0, 0.05) is 57.6 Å². The van der Waals surface area contributed by atoms with E-state index in [1.165, 1.54) is 5.56 Å². The number of benzene rings is 1. The maximum absolute atomic E-state index is 10.9. The molecule has 2 heterocycles. The summed E-state index contributed by atoms with van der Waals surface area (Å²) < 4.78 is 5.50. The highest BCUT2D eigenvalue weighted by Gasteiger charge is 2.31. The van der Waals surface area contributed by atoms with Gasteiger partial charge in [-0.1, -0.05) is 12.1 Å². The number of nitro benzene ring substituents is 1. The zero-order chi connectivity index (χ0) is 15.4. The highest BCUT2D eigenvalue weighted by Crippen LogP contribution is 2.35. The molecule has 1 aromatic carbocycles. The molecule has 1 N–H and O–H groups in total. The predicted octanol–water partition coefficient (Wildman–Crippen LogP) is 2.81. The van der Waals surface area contributed by atoms with Crippen LogP contribution in [0.3, 0.4) is 0 Å². The molecule has 0 amide bonds. The predicted molar refractivity (Wildman–Crippen MR) is 98.3 cm³/mol. The van der Waals surface area contributed by atoms with E-state index in [0.717, 1.165) is 52.2 Å². The first-order valence-electron chi connectivity index (χ1n) is 8.02. The molecule has 2 aliphatic heterocycles. The van der Waals surface area contributed by atoms with Gasteiger partial charge < -0.3 is 10.1 Å². The number of piperazine rings is 1. The van der Waals surface area contributed by atoms with Crippen LogP contribution in [0, 0.1) is 16.0 Å². The molecule has 24 heavy (non-hydrogen) atoms. The molecular weight excluding hydrogens is 353 g/mol. The van der Waals surface area contributed by atoms with E-state index in [1.807, 2.05) is 12.1 Å². The van der Waals surface area contributed by atoms with Gasteiger partial charge in [0.2, 0.25) is 0 Å². The van der Waals surface area contributed by atoms with Gasteiger partial charge in [-0.05, 0) is 24.3 Å². The first kappa shape index (κ1) is 21.1. The van der Waals surface area contributed by atoms with Crippen LogP contribution in [-0.4, -0.2) is 49.2 Å². The van der Waals surface area contributed by atoms with E-state index < -0.39 is 0 Å². The van der Waals surface area contributed by atoms with Crippen LogP contribution in [0.1, 0.15) is 24.4 Å². The van der Waals surface area contributed by atoms with Gasteiger partial charge in [0.15, 0.2) is 0 Å². The van der Waals surface area contributed by atoms with Crippen LogP contribution in [-0.2, 0) is 4.74 Å². The number of non-ortho nitro benzene ring substituents is 1. The lowest BCUT2D eigenvalue weighted by atomic mass is 9.85. The van der Waals surface area contributed by atoms with Gasteiger partial charge >= 0.3 is 0 Å². The fraction of sp³-hybridized carbons (Fsp3) is 0.625. The standard InChI is InChI=1S/C16H23N3O3.2ClH/c20-19(21)15-3-1-13(2-4-15)16(14-5-11-22-12-6-14)18-9-7-17-8-10-18;;/h1-4,14,16-17H,5-12H2;2*1H/t16-;;/m1../s1. The molecule has 2 fully saturated rings. The second-order valence-corrected chi connectivity index (χ2v) is 6.03. The van der Waals surface area contributed by atoms with Crippen LogP contribution in [0.2, 0.25) is 0 Å². The van der Waals surface area contributed by atoms with Crippen molar-refractivity contribution < 1.29 is 9.66 Å². The van der Waals surface area contributed by atoms with Crippen molar-refractivity contribution in [3.05, 3.63) is 39.9 Å². The second-order valence-electron chi connectivity index (χ2n) is 6.03. The van der Waals surface area contributed by atoms with E-state index in [9.17, 15) is 10.1 Å². The first-order chi connectivity index (χ1) is 10.8. The van der Waals surface area contributed by atoms with Gasteiger partial charge in [-0.25, -0.2) is 0 Å². The normalized spacial score (nSPS) is 20.5. The number of ether oxygens (including phenoxy) is 1. The van der Waals surface area contributed by atoms with Gasteiger partial charge in [-0.15, -0.1) is 24.8 Å². The highest BCUT2D eigenvalue weighted by molar-refractivity contribution is 5.85. The zero-order valence-corrected chi connectivity index (χ0v) is 15.2. The van der Waals surface area contributed by atoms with Gasteiger partial charge in [0.1, 0.15) is 0 Å². The smallest absolute Gasteiger partial charge is 0.269 e. The molecule has 0 bridgehead atoms. The van der Waals surface area contributed by atoms with Gasteiger partial charge in [0.05, 0.1) is 4.92 Å². The molecule has 0 radical (unpaired) electrons. The summed E-state index contributed by atoms with van der Waals surface area (Å²) in [7, 11) is 0. The molecule has 2 aliphatic rings. The number of nitrogens with zero attached hydrogens (tertiary/aromatic N) is 2. The molecule has 0 spiro atoms. The van der Waals surface area contributed by atoms with Gasteiger partial charge in [0.25, 0.3) is 5.69 Å². The molecule has 1 atom stereocenters. The molecular formula is C16H25Cl2N3O3. The SMILES string of the molecule is Cl.Cl.O=[N+]([O-])c1ccc([C@H](C2CCOCC2)N2CCNCC2)cc1. The number of hydrogen-bond donors (Lipinski definition) is 1. The quantitative estimate of drug-likeness (QED) is 0.645. The Morgan fingerprint density at radius 3 is 2.25 bits per heavy atom. The summed E-state index contributed by atoms with van der Waals surface area (Å²) in [4.78, 5) is 13.0. The number of nitro groups is 1. The summed E-state index contributed by atoms with van der Waals surface area (Å²) in [5.74, 6) is 0.563. The molecule has 0 aromatic heterocycles. The van der Waals surface area contributed by atoms with Crippen molar-refractivity contribution in [3.63, 3.8) is 0 Å². The molecule has 0 unspecified atom stereocenters. The number of rotatable bonds is 4. The van der Waals surface area contributed by atoms with E-state index in [-0.39, 0.29) is 35.4 Å². The topological polar surface area (TPSA) is 67.6 Å². The minimum absolute atomic E-state index is 0. The molecule has 0 aliphatic carbocycles. The van der Waals surface area contributed by atoms with Crippen LogP contribution in [0.15, 0.2) is 24.3 Å². The van der Waals surface area contributed by atoms with E-state index in [0.29, 0.717) is 12.0 Å². The molecule has 1 aromatic rings. The Labute approximate surface area is 154 Å². The summed E-state index contributed by atoms with van der Waals surface area (Å²) in [6.07, 6.45) is 2.12. The highest BCUT2D eigenvalue weighted by atomic mass is 35.5. The maximum Gasteiger partial charge on any atom is 0.269 e. The first-order valence-corrected chi connectivity index (χ1v) is 8.02. The third-order valence-corrected chi connectivity index (χ3v) is 4.70. The number of hydrogen-bond acceptors (Lipinski definition) is 5. The van der Waals surface area contributed by atoms with Crippen molar-refractivity contribution >= 4 is 30.5 Å². The van der Waals surface area contributed by atoms with E-state index >= 15 is 0 Å². The zero-order valence-electron chi connectivity index (χ0n) is 13.6. The molecule has 0 saturated carbocycles.